The summed E-state index contributed by atoms with van der Waals surface area (Å²) >= 11 is 0. The second-order valence-corrected chi connectivity index (χ2v) is 49.7. The summed E-state index contributed by atoms with van der Waals surface area (Å²) in [5.41, 5.74) is 24.7. The number of nitrogens with one attached hydrogen (secondary N) is 10. The number of urea groups is 5. The number of ether oxygens (including phenoxy) is 5. The lowest BCUT2D eigenvalue weighted by Crippen LogP contribution is -2.41. The van der Waals surface area contributed by atoms with E-state index < -0.39 is 115 Å². The highest BCUT2D eigenvalue weighted by Gasteiger charge is 2.49. The molecule has 5 aliphatic heterocycles. The number of carbonyl (C=O) groups excluding carboxylic acids is 10. The smallest absolute Gasteiger partial charge is 0.436 e. The van der Waals surface area contributed by atoms with Crippen LogP contribution < -0.4 is 59.7 Å². The zero-order valence-electron chi connectivity index (χ0n) is 83.3. The molecule has 5 aromatic carbocycles. The summed E-state index contributed by atoms with van der Waals surface area (Å²) in [4.78, 5) is 122. The molecule has 15 aliphatic rings. The first-order valence-electron chi connectivity index (χ1n) is 50.3. The summed E-state index contributed by atoms with van der Waals surface area (Å²) in [5, 5.41) is 29.3. The summed E-state index contributed by atoms with van der Waals surface area (Å²) in [6, 6.07) is 7.09. The maximum Gasteiger partial charge on any atom is 0.436 e. The van der Waals surface area contributed by atoms with E-state index in [4.69, 9.17) is 23.7 Å². The predicted molar refractivity (Wildman–Crippen MR) is 538 cm³/mol. The van der Waals surface area contributed by atoms with Crippen molar-refractivity contribution in [1.29, 1.82) is 0 Å². The molecule has 10 N–H and O–H groups in total. The molecule has 0 fully saturated rings. The van der Waals surface area contributed by atoms with E-state index in [1.54, 1.807) is 48.6 Å². The molecule has 10 aliphatic carbocycles. The molecule has 5 aromatic heterocycles. The molecular formula is C101H111N19O25S5. The highest BCUT2D eigenvalue weighted by atomic mass is 32.2. The number of benzene rings is 5. The van der Waals surface area contributed by atoms with E-state index in [1.165, 1.54) is 66.4 Å². The van der Waals surface area contributed by atoms with Crippen molar-refractivity contribution in [3.05, 3.63) is 195 Å². The molecule has 150 heavy (non-hydrogen) atoms. The van der Waals surface area contributed by atoms with Crippen LogP contribution in [0.2, 0.25) is 0 Å². The Bertz CT molecular complexity index is 7830. The van der Waals surface area contributed by atoms with Crippen LogP contribution in [0.15, 0.2) is 85.8 Å². The molecule has 10 heterocycles. The third kappa shape index (κ3) is 18.9. The summed E-state index contributed by atoms with van der Waals surface area (Å²) < 4.78 is 171. The lowest BCUT2D eigenvalue weighted by molar-refractivity contribution is 0.0224. The van der Waals surface area contributed by atoms with E-state index >= 15 is 0 Å². The maximum absolute atomic E-state index is 13.0. The molecule has 49 heteroatoms. The first-order chi connectivity index (χ1) is 71.3. The Morgan fingerprint density at radius 1 is 0.313 bits per heavy atom. The molecule has 10 aromatic rings. The van der Waals surface area contributed by atoms with Gasteiger partial charge in [0.25, 0.3) is 56.0 Å². The molecule has 0 unspecified atom stereocenters. The first kappa shape index (κ1) is 102. The van der Waals surface area contributed by atoms with Gasteiger partial charge in [-0.3, -0.25) is 9.59 Å². The number of amides is 10. The number of rotatable bonds is 15. The maximum atomic E-state index is 13.0. The summed E-state index contributed by atoms with van der Waals surface area (Å²) in [7, 11) is -19.6. The Kier molecular flexibility index (Phi) is 25.9. The number of hydrogen-bond donors (Lipinski definition) is 10. The van der Waals surface area contributed by atoms with Gasteiger partial charge in [0, 0.05) is 54.5 Å². The predicted octanol–water partition coefficient (Wildman–Crippen LogP) is 12.2. The molecule has 25 rings (SSSR count). The van der Waals surface area contributed by atoms with Crippen LogP contribution in [0.5, 0.6) is 11.6 Å². The van der Waals surface area contributed by atoms with E-state index in [0.717, 1.165) is 320 Å². The Morgan fingerprint density at radius 2 is 0.580 bits per heavy atom. The Labute approximate surface area is 862 Å². The van der Waals surface area contributed by atoms with Gasteiger partial charge in [-0.05, 0) is 345 Å². The molecule has 0 atom stereocenters. The zero-order valence-corrected chi connectivity index (χ0v) is 87.4. The minimum atomic E-state index is -4.26. The van der Waals surface area contributed by atoms with E-state index in [9.17, 15) is 90.0 Å². The minimum absolute atomic E-state index is 0.00976. The number of fused-ring (bicyclic) bond motifs is 15. The number of cyclic esters (lactones) is 3. The molecule has 44 nitrogen and oxygen atoms in total. The van der Waals surface area contributed by atoms with Gasteiger partial charge >= 0.3 is 48.4 Å². The van der Waals surface area contributed by atoms with Crippen molar-refractivity contribution in [2.45, 2.75) is 295 Å². The lowest BCUT2D eigenvalue weighted by atomic mass is 9.99. The van der Waals surface area contributed by atoms with Gasteiger partial charge in [-0.15, -0.1) is 0 Å². The number of carbonyl (C=O) groups is 10. The third-order valence-electron chi connectivity index (χ3n) is 30.2. The van der Waals surface area contributed by atoms with Crippen molar-refractivity contribution >= 4 is 139 Å². The van der Waals surface area contributed by atoms with Crippen molar-refractivity contribution in [2.24, 2.45) is 7.05 Å². The molecule has 0 saturated heterocycles. The third-order valence-corrected chi connectivity index (χ3v) is 36.8. The largest absolute Gasteiger partial charge is 0.489 e. The van der Waals surface area contributed by atoms with Gasteiger partial charge in [0.15, 0.2) is 27.6 Å². The van der Waals surface area contributed by atoms with Gasteiger partial charge in [0.1, 0.15) is 42.3 Å². The van der Waals surface area contributed by atoms with E-state index in [0.29, 0.717) is 0 Å². The monoisotopic (exact) mass is 2150 g/mol. The molecule has 10 amide bonds. The Morgan fingerprint density at radius 3 is 0.907 bits per heavy atom. The van der Waals surface area contributed by atoms with E-state index in [2.05, 4.69) is 96.2 Å². The van der Waals surface area contributed by atoms with Crippen LogP contribution in [0.4, 0.5) is 66.8 Å². The highest BCUT2D eigenvalue weighted by Crippen LogP contribution is 2.48. The van der Waals surface area contributed by atoms with E-state index in [1.807, 2.05) is 4.72 Å². The number of aromatic nitrogens is 9. The summed E-state index contributed by atoms with van der Waals surface area (Å²) in [5.74, 6) is -0.689. The second kappa shape index (κ2) is 38.3. The fourth-order valence-electron chi connectivity index (χ4n) is 23.8. The molecule has 0 saturated carbocycles. The fraction of sp³-hybridized carbons (Fsp3) is 0.446. The average molecular weight is 2150 g/mol. The standard InChI is InChI=1S/C21H24N4O5S.C21H23N3O5S.2C20H22N4O5S.C19H20N4O5S/c1-21(2)10-16-17(11-22-25(16)20(27)30-21)31(28,29)24-19(26)23-18-14-7-3-5-12(14)9-13-6-4-8-15(13)18;1-24-11-17(20-19(24)16(25)8-9-29-20)30(27,28)23-21(26)22-18-14-6-2-4-12(14)10-13-5-3-7-15(13)18;2*1-20(2)17-15(10-21-24(17)19(26)29-20)30(27,28)23-18(25)22-16-13-7-3-5-11(13)9-12-6-4-8-14(12)16;24-16-7-8-28-18-15(10-20-23(16)18)29(26,27)22-19(25)21-17-13-5-1-3-11(13)9-12-4-2-6-14(12)17/h9,11H,3-8,10H2,1-2H3,(H2,23,24,26);10-11H,2-9H2,1H3,(H2,22,23,26);2*9-10H,3-8H2,1-2H3,(H2,22,23,25);9-10H,1-8H2,(H2,21,22,25). The van der Waals surface area contributed by atoms with Crippen molar-refractivity contribution in [2.75, 3.05) is 39.8 Å². The van der Waals surface area contributed by atoms with E-state index in [-0.39, 0.29) is 103 Å². The highest BCUT2D eigenvalue weighted by molar-refractivity contribution is 7.91. The van der Waals surface area contributed by atoms with Gasteiger partial charge in [0.05, 0.1) is 50.1 Å². The summed E-state index contributed by atoms with van der Waals surface area (Å²) in [6.07, 6.45) is 32.6. The van der Waals surface area contributed by atoms with Crippen molar-refractivity contribution in [3.63, 3.8) is 0 Å². The van der Waals surface area contributed by atoms with Gasteiger partial charge in [0.2, 0.25) is 5.88 Å². The summed E-state index contributed by atoms with van der Waals surface area (Å²) in [6.45, 7) is 9.85. The normalized spacial score (nSPS) is 18.1. The SMILES string of the molecule is CC1(C)Cc2c(S(=O)(=O)NC(=O)Nc3c4c(cc5c3CCC5)CCC4)cnn2C(=O)O1.CC1(C)OC(=O)n2ncc(S(=O)(=O)NC(=O)Nc3c4c(cc5c3CCC5)CCC4)c21.CC1(C)OC(=O)n2ncc(S(=O)(=O)NC(=O)Nc3c4c(cc5c3CCC5)CCC4)c21.Cn1cc(S(=O)(=O)NC(=O)Nc2c3c(cc4c2CCC4)CCC3)c2c1C(=O)CCO2.O=C(Nc1c2c(cc3c1CCC3)CCC2)NS(=O)(=O)c1cnn2c1OCCC2=O. The van der Waals surface area contributed by atoms with Gasteiger partial charge < -0.3 is 54.8 Å². The molecule has 0 spiro atoms. The lowest BCUT2D eigenvalue weighted by Gasteiger charge is -2.29. The number of ketones is 1. The number of Topliss-reactive ketones (excluding diaryl/α,β-unsaturated/α-hetero) is 1. The number of aryl methyl sites for hydroxylation is 11. The number of nitrogens with zero attached hydrogens (tertiary/aromatic N) is 9. The van der Waals surface area contributed by atoms with Crippen LogP contribution >= 0.6 is 0 Å². The first-order valence-corrected chi connectivity index (χ1v) is 57.7. The fourth-order valence-corrected chi connectivity index (χ4v) is 29.3. The van der Waals surface area contributed by atoms with Crippen LogP contribution in [-0.4, -0.2) is 165 Å². The Balaban J connectivity index is 0.000000109. The van der Waals surface area contributed by atoms with Crippen LogP contribution in [0.1, 0.15) is 262 Å². The van der Waals surface area contributed by atoms with Crippen molar-refractivity contribution in [3.8, 4) is 11.6 Å². The van der Waals surface area contributed by atoms with Crippen molar-refractivity contribution in [1.82, 2.24) is 67.3 Å². The van der Waals surface area contributed by atoms with Crippen LogP contribution in [0.3, 0.4) is 0 Å². The quantitative estimate of drug-likeness (QED) is 0.0426. The van der Waals surface area contributed by atoms with Gasteiger partial charge in [-0.25, -0.2) is 104 Å². The van der Waals surface area contributed by atoms with Gasteiger partial charge in [-0.2, -0.15) is 39.1 Å². The van der Waals surface area contributed by atoms with Crippen LogP contribution in [-0.2, 0) is 217 Å². The van der Waals surface area contributed by atoms with Gasteiger partial charge in [-0.1, -0.05) is 30.3 Å². The topological polar surface area (TPSA) is 584 Å². The molecular weight excluding hydrogens is 2040 g/mol. The minimum Gasteiger partial charge on any atom is -0.489 e. The molecule has 0 bridgehead atoms. The van der Waals surface area contributed by atoms with Crippen LogP contribution in [0.25, 0.3) is 0 Å². The second-order valence-electron chi connectivity index (χ2n) is 41.5. The molecule has 0 radical (unpaired) electrons. The number of sulfonamides is 5. The zero-order chi connectivity index (χ0) is 106. The van der Waals surface area contributed by atoms with Crippen molar-refractivity contribution < 1.29 is 114 Å². The average Bonchev–Trinajstić information content (AvgIpc) is 1.58. The number of hydrogen-bond acceptors (Lipinski definition) is 29. The van der Waals surface area contributed by atoms with Crippen LogP contribution in [0, 0.1) is 0 Å². The number of anilines is 5. The Hall–Kier alpha value is -14.3. The molecule has 790 valence electrons.